The topological polar surface area (TPSA) is 118 Å². The van der Waals surface area contributed by atoms with E-state index >= 15 is 0 Å². The largest absolute Gasteiger partial charge is 0.387 e. The molecule has 1 rings (SSSR count). The van der Waals surface area contributed by atoms with Crippen LogP contribution in [0.3, 0.4) is 0 Å². The highest BCUT2D eigenvalue weighted by Crippen LogP contribution is 2.17. The average molecular weight is 178 g/mol. The molecule has 0 spiro atoms. The van der Waals surface area contributed by atoms with Gasteiger partial charge in [0.2, 0.25) is 0 Å². The lowest BCUT2D eigenvalue weighted by Crippen LogP contribution is -2.61. The summed E-state index contributed by atoms with van der Waals surface area (Å²) in [5.74, 6) is -1.08. The number of aliphatic hydroxyl groups is 5. The molecule has 0 aromatic rings. The maximum Gasteiger partial charge on any atom is 0.195 e. The summed E-state index contributed by atoms with van der Waals surface area (Å²) in [5.41, 5.74) is 0. The molecular formula is C6H10O6. The number of aliphatic hydroxyl groups excluding tert-OH is 5. The zero-order chi connectivity index (χ0) is 9.46. The van der Waals surface area contributed by atoms with E-state index in [1.54, 1.807) is 0 Å². The molecule has 1 fully saturated rings. The molecule has 70 valence electrons. The minimum Gasteiger partial charge on any atom is -0.387 e. The standard InChI is InChI=1S/C6H10O6/c7-1-2(8)4(10)6(12)5(11)3(1)9/h1-5,7-11H/t1?,2-,3?,4?,5-/m1/s1. The SMILES string of the molecule is O=C1C(O)[C@H](O)C(O)C(O)[C@H]1O. The third-order valence-corrected chi connectivity index (χ3v) is 1.93. The molecule has 0 aliphatic heterocycles. The second-order valence-corrected chi connectivity index (χ2v) is 2.76. The summed E-state index contributed by atoms with van der Waals surface area (Å²) in [6.45, 7) is 0. The van der Waals surface area contributed by atoms with Crippen LogP contribution in [-0.2, 0) is 4.79 Å². The van der Waals surface area contributed by atoms with Gasteiger partial charge in [-0.15, -0.1) is 0 Å². The molecule has 1 aliphatic carbocycles. The molecule has 0 aromatic carbocycles. The second-order valence-electron chi connectivity index (χ2n) is 2.76. The highest BCUT2D eigenvalue weighted by atomic mass is 16.4. The van der Waals surface area contributed by atoms with Gasteiger partial charge in [0.25, 0.3) is 0 Å². The zero-order valence-electron chi connectivity index (χ0n) is 6.03. The lowest BCUT2D eigenvalue weighted by atomic mass is 9.86. The minimum absolute atomic E-state index is 1.08. The Kier molecular flexibility index (Phi) is 2.45. The fourth-order valence-corrected chi connectivity index (χ4v) is 1.09. The molecule has 0 bridgehead atoms. The van der Waals surface area contributed by atoms with Crippen LogP contribution in [0, 0.1) is 0 Å². The number of rotatable bonds is 0. The summed E-state index contributed by atoms with van der Waals surface area (Å²) in [5, 5.41) is 44.5. The van der Waals surface area contributed by atoms with Crippen LogP contribution in [-0.4, -0.2) is 61.8 Å². The van der Waals surface area contributed by atoms with Crippen LogP contribution in [0.5, 0.6) is 0 Å². The number of carbonyl (C=O) groups is 1. The summed E-state index contributed by atoms with van der Waals surface area (Å²) >= 11 is 0. The van der Waals surface area contributed by atoms with E-state index in [2.05, 4.69) is 0 Å². The lowest BCUT2D eigenvalue weighted by Gasteiger charge is -2.34. The van der Waals surface area contributed by atoms with E-state index in [-0.39, 0.29) is 0 Å². The first-order valence-electron chi connectivity index (χ1n) is 3.41. The van der Waals surface area contributed by atoms with Gasteiger partial charge in [-0.25, -0.2) is 0 Å². The number of ketones is 1. The van der Waals surface area contributed by atoms with E-state index in [4.69, 9.17) is 25.5 Å². The predicted octanol–water partition coefficient (Wildman–Crippen LogP) is -3.63. The molecule has 1 saturated carbocycles. The van der Waals surface area contributed by atoms with E-state index in [1.807, 2.05) is 0 Å². The fraction of sp³-hybridized carbons (Fsp3) is 0.833. The third-order valence-electron chi connectivity index (χ3n) is 1.93. The van der Waals surface area contributed by atoms with Crippen LogP contribution < -0.4 is 0 Å². The molecule has 3 unspecified atom stereocenters. The molecular weight excluding hydrogens is 168 g/mol. The predicted molar refractivity (Wildman–Crippen MR) is 35.0 cm³/mol. The first kappa shape index (κ1) is 9.56. The van der Waals surface area contributed by atoms with Gasteiger partial charge < -0.3 is 25.5 Å². The van der Waals surface area contributed by atoms with Gasteiger partial charge in [0.05, 0.1) is 0 Å². The molecule has 12 heavy (non-hydrogen) atoms. The molecule has 5 atom stereocenters. The van der Waals surface area contributed by atoms with Crippen molar-refractivity contribution in [2.45, 2.75) is 30.5 Å². The van der Waals surface area contributed by atoms with Crippen molar-refractivity contribution < 1.29 is 30.3 Å². The van der Waals surface area contributed by atoms with E-state index in [1.165, 1.54) is 0 Å². The van der Waals surface area contributed by atoms with Gasteiger partial charge in [-0.05, 0) is 0 Å². The summed E-state index contributed by atoms with van der Waals surface area (Å²) in [4.78, 5) is 10.8. The quantitative estimate of drug-likeness (QED) is 0.261. The Morgan fingerprint density at radius 1 is 0.750 bits per heavy atom. The van der Waals surface area contributed by atoms with Gasteiger partial charge in [-0.1, -0.05) is 0 Å². The van der Waals surface area contributed by atoms with Crippen molar-refractivity contribution in [3.8, 4) is 0 Å². The Balaban J connectivity index is 2.83. The van der Waals surface area contributed by atoms with Gasteiger partial charge in [-0.2, -0.15) is 0 Å². The molecule has 5 N–H and O–H groups in total. The van der Waals surface area contributed by atoms with Crippen molar-refractivity contribution in [3.05, 3.63) is 0 Å². The molecule has 0 saturated heterocycles. The summed E-state index contributed by atoms with van der Waals surface area (Å²) in [7, 11) is 0. The Bertz CT molecular complexity index is 174. The number of Topliss-reactive ketones (excluding diaryl/α,β-unsaturated/α-hetero) is 1. The third kappa shape index (κ3) is 1.23. The Labute approximate surface area is 67.7 Å². The Morgan fingerprint density at radius 2 is 1.08 bits per heavy atom. The Hall–Kier alpha value is -0.530. The number of hydrogen-bond donors (Lipinski definition) is 5. The van der Waals surface area contributed by atoms with Crippen LogP contribution in [0.25, 0.3) is 0 Å². The maximum atomic E-state index is 10.8. The van der Waals surface area contributed by atoms with Gasteiger partial charge in [-0.3, -0.25) is 4.79 Å². The molecule has 1 aliphatic rings. The zero-order valence-corrected chi connectivity index (χ0v) is 6.03. The lowest BCUT2D eigenvalue weighted by molar-refractivity contribution is -0.185. The van der Waals surface area contributed by atoms with Crippen molar-refractivity contribution in [2.75, 3.05) is 0 Å². The number of carbonyl (C=O) groups excluding carboxylic acids is 1. The molecule has 0 heterocycles. The van der Waals surface area contributed by atoms with E-state index < -0.39 is 36.3 Å². The number of hydrogen-bond acceptors (Lipinski definition) is 6. The first-order valence-corrected chi connectivity index (χ1v) is 3.41. The van der Waals surface area contributed by atoms with Crippen molar-refractivity contribution in [2.24, 2.45) is 0 Å². The molecule has 6 heteroatoms. The molecule has 6 nitrogen and oxygen atoms in total. The maximum absolute atomic E-state index is 10.8. The van der Waals surface area contributed by atoms with Crippen molar-refractivity contribution in [1.29, 1.82) is 0 Å². The average Bonchev–Trinajstić information content (AvgIpc) is 2.08. The smallest absolute Gasteiger partial charge is 0.195 e. The first-order chi connectivity index (χ1) is 5.46. The van der Waals surface area contributed by atoms with E-state index in [0.717, 1.165) is 0 Å². The van der Waals surface area contributed by atoms with Gasteiger partial charge >= 0.3 is 0 Å². The van der Waals surface area contributed by atoms with E-state index in [0.29, 0.717) is 0 Å². The van der Waals surface area contributed by atoms with Crippen LogP contribution >= 0.6 is 0 Å². The monoisotopic (exact) mass is 178 g/mol. The van der Waals surface area contributed by atoms with Crippen LogP contribution in [0.15, 0.2) is 0 Å². The Morgan fingerprint density at radius 3 is 1.42 bits per heavy atom. The molecule has 0 aromatic heterocycles. The van der Waals surface area contributed by atoms with Crippen LogP contribution in [0.1, 0.15) is 0 Å². The highest BCUT2D eigenvalue weighted by molar-refractivity contribution is 5.89. The van der Waals surface area contributed by atoms with Crippen LogP contribution in [0.4, 0.5) is 0 Å². The molecule has 0 amide bonds. The summed E-state index contributed by atoms with van der Waals surface area (Å²) < 4.78 is 0. The van der Waals surface area contributed by atoms with Gasteiger partial charge in [0, 0.05) is 0 Å². The second kappa shape index (κ2) is 3.08. The minimum atomic E-state index is -1.83. The highest BCUT2D eigenvalue weighted by Gasteiger charge is 2.47. The van der Waals surface area contributed by atoms with Gasteiger partial charge in [0.1, 0.15) is 30.5 Å². The molecule has 0 radical (unpaired) electrons. The fourth-order valence-electron chi connectivity index (χ4n) is 1.09. The van der Waals surface area contributed by atoms with E-state index in [9.17, 15) is 4.79 Å². The normalized spacial score (nSPS) is 49.4. The van der Waals surface area contributed by atoms with Crippen molar-refractivity contribution in [1.82, 2.24) is 0 Å². The van der Waals surface area contributed by atoms with Crippen molar-refractivity contribution >= 4 is 5.78 Å². The van der Waals surface area contributed by atoms with Crippen LogP contribution in [0.2, 0.25) is 0 Å². The summed E-state index contributed by atoms with van der Waals surface area (Å²) in [6, 6.07) is 0. The van der Waals surface area contributed by atoms with Crippen molar-refractivity contribution in [3.63, 3.8) is 0 Å². The van der Waals surface area contributed by atoms with Gasteiger partial charge in [0.15, 0.2) is 5.78 Å². The summed E-state index contributed by atoms with van der Waals surface area (Å²) in [6.07, 6.45) is -8.85.